The largest absolute Gasteiger partial charge is 0.507 e. The fourth-order valence-electron chi connectivity index (χ4n) is 6.01. The Morgan fingerprint density at radius 1 is 0.935 bits per heavy atom. The molecule has 1 spiro atoms. The molecule has 0 aliphatic heterocycles. The van der Waals surface area contributed by atoms with Crippen LogP contribution in [0.4, 0.5) is 0 Å². The molecule has 5 nitrogen and oxygen atoms in total. The van der Waals surface area contributed by atoms with Gasteiger partial charge in [0.2, 0.25) is 0 Å². The Bertz CT molecular complexity index is 1240. The lowest BCUT2D eigenvalue weighted by Gasteiger charge is -2.41. The number of aromatic hydroxyl groups is 5. The summed E-state index contributed by atoms with van der Waals surface area (Å²) >= 11 is 0. The van der Waals surface area contributed by atoms with Crippen LogP contribution < -0.4 is 0 Å². The third kappa shape index (κ3) is 2.76. The van der Waals surface area contributed by atoms with Crippen LogP contribution in [0.3, 0.4) is 0 Å². The monoisotopic (exact) mass is 418 g/mol. The number of benzene rings is 3. The van der Waals surface area contributed by atoms with E-state index < -0.39 is 0 Å². The van der Waals surface area contributed by atoms with Crippen LogP contribution in [-0.4, -0.2) is 25.5 Å². The van der Waals surface area contributed by atoms with Gasteiger partial charge in [-0.1, -0.05) is 38.0 Å². The predicted octanol–water partition coefficient (Wildman–Crippen LogP) is 5.76. The minimum absolute atomic E-state index is 0.0893. The van der Waals surface area contributed by atoms with Gasteiger partial charge in [0, 0.05) is 5.41 Å². The molecule has 2 aliphatic rings. The van der Waals surface area contributed by atoms with Gasteiger partial charge in [0.15, 0.2) is 23.0 Å². The molecule has 2 unspecified atom stereocenters. The first kappa shape index (κ1) is 19.6. The summed E-state index contributed by atoms with van der Waals surface area (Å²) in [4.78, 5) is 0. The highest BCUT2D eigenvalue weighted by atomic mass is 16.3. The fourth-order valence-corrected chi connectivity index (χ4v) is 6.01. The lowest BCUT2D eigenvalue weighted by atomic mass is 9.62. The molecule has 31 heavy (non-hydrogen) atoms. The van der Waals surface area contributed by atoms with Crippen molar-refractivity contribution in [3.8, 4) is 28.7 Å². The maximum Gasteiger partial charge on any atom is 0.169 e. The summed E-state index contributed by atoms with van der Waals surface area (Å²) in [6.07, 6.45) is 6.89. The molecular formula is C26H26O5. The molecule has 3 aromatic rings. The van der Waals surface area contributed by atoms with E-state index in [-0.39, 0.29) is 39.5 Å². The van der Waals surface area contributed by atoms with E-state index >= 15 is 0 Å². The van der Waals surface area contributed by atoms with Gasteiger partial charge in [-0.15, -0.1) is 0 Å². The predicted molar refractivity (Wildman–Crippen MR) is 121 cm³/mol. The van der Waals surface area contributed by atoms with E-state index in [2.05, 4.69) is 6.92 Å². The van der Waals surface area contributed by atoms with E-state index in [0.29, 0.717) is 11.3 Å². The third-order valence-electron chi connectivity index (χ3n) is 7.41. The summed E-state index contributed by atoms with van der Waals surface area (Å²) in [7, 11) is 0. The third-order valence-corrected chi connectivity index (χ3v) is 7.41. The average molecular weight is 418 g/mol. The van der Waals surface area contributed by atoms with E-state index in [4.69, 9.17) is 0 Å². The second-order valence-corrected chi connectivity index (χ2v) is 8.92. The maximum atomic E-state index is 10.4. The molecule has 3 aromatic carbocycles. The Morgan fingerprint density at radius 2 is 1.71 bits per heavy atom. The topological polar surface area (TPSA) is 101 Å². The molecule has 160 valence electrons. The smallest absolute Gasteiger partial charge is 0.169 e. The summed E-state index contributed by atoms with van der Waals surface area (Å²) in [6.45, 7) is 2.19. The summed E-state index contributed by atoms with van der Waals surface area (Å²) in [6, 6.07) is 9.91. The minimum Gasteiger partial charge on any atom is -0.507 e. The first-order valence-corrected chi connectivity index (χ1v) is 10.8. The van der Waals surface area contributed by atoms with Crippen molar-refractivity contribution in [3.05, 3.63) is 53.1 Å². The van der Waals surface area contributed by atoms with Gasteiger partial charge in [0.25, 0.3) is 0 Å². The number of hydrogen-bond acceptors (Lipinski definition) is 5. The molecule has 1 fully saturated rings. The van der Waals surface area contributed by atoms with Gasteiger partial charge in [-0.2, -0.15) is 0 Å². The van der Waals surface area contributed by atoms with Crippen LogP contribution in [0.25, 0.3) is 22.4 Å². The van der Waals surface area contributed by atoms with E-state index in [0.717, 1.165) is 54.4 Å². The van der Waals surface area contributed by atoms with E-state index in [9.17, 15) is 25.5 Å². The molecule has 5 heteroatoms. The lowest BCUT2D eigenvalue weighted by Crippen LogP contribution is -2.33. The van der Waals surface area contributed by atoms with E-state index in [1.807, 2.05) is 12.1 Å². The number of phenols is 5. The van der Waals surface area contributed by atoms with Crippen molar-refractivity contribution in [2.75, 3.05) is 0 Å². The second kappa shape index (κ2) is 6.84. The van der Waals surface area contributed by atoms with E-state index in [1.165, 1.54) is 6.07 Å². The molecule has 1 saturated carbocycles. The van der Waals surface area contributed by atoms with Crippen molar-refractivity contribution < 1.29 is 25.5 Å². The average Bonchev–Trinajstić information content (AvgIpc) is 3.15. The zero-order chi connectivity index (χ0) is 21.9. The molecule has 2 atom stereocenters. The minimum atomic E-state index is -0.335. The number of fused-ring (bicyclic) bond motifs is 3. The maximum absolute atomic E-state index is 10.4. The second-order valence-electron chi connectivity index (χ2n) is 8.92. The zero-order valence-electron chi connectivity index (χ0n) is 17.4. The molecule has 5 N–H and O–H groups in total. The highest BCUT2D eigenvalue weighted by Gasteiger charge is 2.46. The Morgan fingerprint density at radius 3 is 2.48 bits per heavy atom. The van der Waals surface area contributed by atoms with Crippen LogP contribution in [-0.2, 0) is 5.41 Å². The summed E-state index contributed by atoms with van der Waals surface area (Å²) in [5.41, 5.74) is 3.48. The van der Waals surface area contributed by atoms with Gasteiger partial charge in [-0.3, -0.25) is 0 Å². The van der Waals surface area contributed by atoms with Gasteiger partial charge in [0.05, 0.1) is 5.39 Å². The number of allylic oxidation sites excluding steroid dienone is 1. The molecular weight excluding hydrogens is 392 g/mol. The van der Waals surface area contributed by atoms with Crippen LogP contribution in [0.1, 0.15) is 55.7 Å². The van der Waals surface area contributed by atoms with E-state index in [1.54, 1.807) is 24.3 Å². The lowest BCUT2D eigenvalue weighted by molar-refractivity contribution is 0.306. The quantitative estimate of drug-likeness (QED) is 0.341. The SMILES string of the molecule is CCC1CCCC12CC(c1cc(O)c(O)c3c(O)cccc13)=Cc1cc(O)c(O)cc12. The number of hydrogen-bond donors (Lipinski definition) is 5. The fraction of sp³-hybridized carbons (Fsp3) is 0.308. The molecule has 0 radical (unpaired) electrons. The highest BCUT2D eigenvalue weighted by molar-refractivity contribution is 6.05. The van der Waals surface area contributed by atoms with Gasteiger partial charge in [0.1, 0.15) is 5.75 Å². The first-order chi connectivity index (χ1) is 14.9. The van der Waals surface area contributed by atoms with Crippen LogP contribution in [0.2, 0.25) is 0 Å². The van der Waals surface area contributed by atoms with Crippen LogP contribution in [0.15, 0.2) is 36.4 Å². The van der Waals surface area contributed by atoms with Crippen molar-refractivity contribution in [1.82, 2.24) is 0 Å². The Labute approximate surface area is 180 Å². The van der Waals surface area contributed by atoms with Crippen LogP contribution in [0, 0.1) is 5.92 Å². The van der Waals surface area contributed by atoms with Crippen molar-refractivity contribution in [3.63, 3.8) is 0 Å². The zero-order valence-corrected chi connectivity index (χ0v) is 17.4. The normalized spacial score (nSPS) is 22.6. The molecule has 0 heterocycles. The molecule has 5 rings (SSSR count). The number of phenolic OH excluding ortho intramolecular Hbond substituents is 5. The van der Waals surface area contributed by atoms with Crippen molar-refractivity contribution in [2.45, 2.75) is 44.4 Å². The summed E-state index contributed by atoms with van der Waals surface area (Å²) in [5.74, 6) is -0.532. The molecule has 0 bridgehead atoms. The summed E-state index contributed by atoms with van der Waals surface area (Å²) in [5, 5.41) is 52.5. The van der Waals surface area contributed by atoms with Gasteiger partial charge >= 0.3 is 0 Å². The van der Waals surface area contributed by atoms with Crippen molar-refractivity contribution >= 4 is 22.4 Å². The van der Waals surface area contributed by atoms with Crippen LogP contribution >= 0.6 is 0 Å². The van der Waals surface area contributed by atoms with Crippen LogP contribution in [0.5, 0.6) is 28.7 Å². The highest BCUT2D eigenvalue weighted by Crippen LogP contribution is 2.58. The summed E-state index contributed by atoms with van der Waals surface area (Å²) < 4.78 is 0. The van der Waals surface area contributed by atoms with Crippen molar-refractivity contribution in [1.29, 1.82) is 0 Å². The van der Waals surface area contributed by atoms with Gasteiger partial charge in [-0.05, 0) is 77.1 Å². The van der Waals surface area contributed by atoms with Gasteiger partial charge < -0.3 is 25.5 Å². The molecule has 0 saturated heterocycles. The Hall–Kier alpha value is -3.34. The number of rotatable bonds is 2. The van der Waals surface area contributed by atoms with Gasteiger partial charge in [-0.25, -0.2) is 0 Å². The molecule has 0 amide bonds. The van der Waals surface area contributed by atoms with Crippen molar-refractivity contribution in [2.24, 2.45) is 5.92 Å². The molecule has 0 aromatic heterocycles. The standard InChI is InChI=1S/C26H26O5/c1-2-16-5-4-8-26(16)13-15(9-14-10-21(28)22(29)12-19(14)26)18-11-23(30)25(31)24-17(18)6-3-7-20(24)27/h3,6-7,9-12,16,27-31H,2,4-5,8,13H2,1H3. The molecule has 2 aliphatic carbocycles. The first-order valence-electron chi connectivity index (χ1n) is 10.8. The Balaban J connectivity index is 1.80. The Kier molecular flexibility index (Phi) is 4.33.